The second-order valence-corrected chi connectivity index (χ2v) is 17.6. The third kappa shape index (κ3) is 7.15. The maximum absolute atomic E-state index is 13.9. The molecule has 4 rings (SSSR count). The number of carbonyl (C=O) groups is 2. The summed E-state index contributed by atoms with van der Waals surface area (Å²) in [5.41, 5.74) is -0.273. The normalized spacial score (nSPS) is 23.7. The van der Waals surface area contributed by atoms with E-state index >= 15 is 0 Å². The molecule has 2 aliphatic rings. The summed E-state index contributed by atoms with van der Waals surface area (Å²) in [4.78, 5) is 25.5. The highest BCUT2D eigenvalue weighted by Gasteiger charge is 2.74. The average molecular weight is 601 g/mol. The third-order valence-corrected chi connectivity index (χ3v) is 14.6. The van der Waals surface area contributed by atoms with Gasteiger partial charge in [0, 0.05) is 24.2 Å². The first-order chi connectivity index (χ1) is 20.7. The molecule has 0 bridgehead atoms. The fourth-order valence-electron chi connectivity index (χ4n) is 7.51. The van der Waals surface area contributed by atoms with Gasteiger partial charge in [0.25, 0.3) is 8.32 Å². The maximum atomic E-state index is 13.9. The molecule has 4 nitrogen and oxygen atoms in total. The highest BCUT2D eigenvalue weighted by atomic mass is 28.4. The summed E-state index contributed by atoms with van der Waals surface area (Å²) in [6, 6.07) is 21.6. The van der Waals surface area contributed by atoms with Crippen molar-refractivity contribution in [3.63, 3.8) is 0 Å². The summed E-state index contributed by atoms with van der Waals surface area (Å²) < 4.78 is 12.6. The number of allylic oxidation sites excluding steroid dienone is 4. The lowest BCUT2D eigenvalue weighted by molar-refractivity contribution is -0.143. The van der Waals surface area contributed by atoms with Crippen molar-refractivity contribution in [2.45, 2.75) is 104 Å². The zero-order valence-corrected chi connectivity index (χ0v) is 28.0. The number of esters is 1. The molecule has 5 heteroatoms. The van der Waals surface area contributed by atoms with Crippen LogP contribution in [0, 0.1) is 17.3 Å². The fraction of sp³-hybridized carbons (Fsp3) is 0.526. The molecule has 0 heterocycles. The van der Waals surface area contributed by atoms with Crippen molar-refractivity contribution in [3.8, 4) is 0 Å². The molecule has 0 saturated heterocycles. The number of Topliss-reactive ketones (excluding diaryl/α,β-unsaturated/α-hetero) is 1. The van der Waals surface area contributed by atoms with Gasteiger partial charge >= 0.3 is 5.97 Å². The SMILES string of the molecule is CCCCC[C@@]12C(=O)C[C@H](O[Si](c3ccccc3)(c3ccccc3)C(C)(C)C)[C@@H]1[C@H]2/C=C\C/C=C\CCCC(=O)OCC. The van der Waals surface area contributed by atoms with Crippen LogP contribution in [0.2, 0.25) is 5.04 Å². The fourth-order valence-corrected chi connectivity index (χ4v) is 12.2. The van der Waals surface area contributed by atoms with E-state index in [0.29, 0.717) is 25.2 Å². The number of ether oxygens (including phenoxy) is 1. The van der Waals surface area contributed by atoms with Gasteiger partial charge in [0.15, 0.2) is 0 Å². The molecule has 0 unspecified atom stereocenters. The third-order valence-electron chi connectivity index (χ3n) is 9.55. The van der Waals surface area contributed by atoms with E-state index in [1.165, 1.54) is 10.4 Å². The molecular formula is C38H52O4Si. The van der Waals surface area contributed by atoms with Crippen molar-refractivity contribution in [2.75, 3.05) is 6.61 Å². The lowest BCUT2D eigenvalue weighted by Gasteiger charge is -2.45. The van der Waals surface area contributed by atoms with E-state index in [0.717, 1.165) is 44.9 Å². The Morgan fingerprint density at radius 2 is 1.58 bits per heavy atom. The second-order valence-electron chi connectivity index (χ2n) is 13.3. The van der Waals surface area contributed by atoms with Crippen molar-refractivity contribution < 1.29 is 18.8 Å². The molecule has 43 heavy (non-hydrogen) atoms. The van der Waals surface area contributed by atoms with E-state index in [1.54, 1.807) is 0 Å². The number of hydrogen-bond acceptors (Lipinski definition) is 4. The van der Waals surface area contributed by atoms with Gasteiger partial charge in [0.2, 0.25) is 0 Å². The number of fused-ring (bicyclic) bond motifs is 1. The summed E-state index contributed by atoms with van der Waals surface area (Å²) in [5, 5.41) is 2.42. The van der Waals surface area contributed by atoms with Gasteiger partial charge in [-0.25, -0.2) is 0 Å². The van der Waals surface area contributed by atoms with E-state index < -0.39 is 8.32 Å². The highest BCUT2D eigenvalue weighted by Crippen LogP contribution is 2.70. The molecule has 0 aliphatic heterocycles. The first-order valence-corrected chi connectivity index (χ1v) is 18.4. The molecule has 2 aromatic carbocycles. The minimum absolute atomic E-state index is 0.0755. The molecule has 2 aliphatic carbocycles. The van der Waals surface area contributed by atoms with Gasteiger partial charge < -0.3 is 9.16 Å². The van der Waals surface area contributed by atoms with E-state index in [4.69, 9.17) is 9.16 Å². The Kier molecular flexibility index (Phi) is 11.4. The Hall–Kier alpha value is -2.76. The lowest BCUT2D eigenvalue weighted by atomic mass is 9.91. The van der Waals surface area contributed by atoms with Crippen molar-refractivity contribution >= 4 is 30.4 Å². The molecule has 0 N–H and O–H groups in total. The predicted molar refractivity (Wildman–Crippen MR) is 179 cm³/mol. The Labute approximate surface area is 261 Å². The Bertz CT molecular complexity index is 1210. The van der Waals surface area contributed by atoms with Crippen LogP contribution in [0.4, 0.5) is 0 Å². The molecule has 232 valence electrons. The van der Waals surface area contributed by atoms with Gasteiger partial charge in [-0.3, -0.25) is 9.59 Å². The maximum Gasteiger partial charge on any atom is 0.305 e. The number of benzene rings is 2. The van der Waals surface area contributed by atoms with Gasteiger partial charge in [-0.05, 0) is 53.9 Å². The molecule has 0 amide bonds. The highest BCUT2D eigenvalue weighted by molar-refractivity contribution is 6.99. The number of unbranched alkanes of at least 4 members (excludes halogenated alkanes) is 3. The number of carbonyl (C=O) groups excluding carboxylic acids is 2. The van der Waals surface area contributed by atoms with Crippen molar-refractivity contribution in [3.05, 3.63) is 85.0 Å². The van der Waals surface area contributed by atoms with E-state index in [2.05, 4.69) is 113 Å². The number of ketones is 1. The van der Waals surface area contributed by atoms with Crippen LogP contribution in [0.25, 0.3) is 0 Å². The minimum Gasteiger partial charge on any atom is -0.466 e. The smallest absolute Gasteiger partial charge is 0.305 e. The molecular weight excluding hydrogens is 549 g/mol. The van der Waals surface area contributed by atoms with Crippen LogP contribution in [-0.2, 0) is 18.8 Å². The summed E-state index contributed by atoms with van der Waals surface area (Å²) in [5.74, 6) is 0.763. The summed E-state index contributed by atoms with van der Waals surface area (Å²) in [6.45, 7) is 11.4. The Balaban J connectivity index is 1.55. The van der Waals surface area contributed by atoms with Gasteiger partial charge in [0.1, 0.15) is 5.78 Å². The summed E-state index contributed by atoms with van der Waals surface area (Å²) in [7, 11) is -2.75. The van der Waals surface area contributed by atoms with Gasteiger partial charge in [-0.15, -0.1) is 0 Å². The van der Waals surface area contributed by atoms with E-state index in [9.17, 15) is 9.59 Å². The Morgan fingerprint density at radius 1 is 0.930 bits per heavy atom. The summed E-state index contributed by atoms with van der Waals surface area (Å²) >= 11 is 0. The van der Waals surface area contributed by atoms with E-state index in [1.807, 2.05) is 6.92 Å². The molecule has 0 spiro atoms. The van der Waals surface area contributed by atoms with Crippen LogP contribution in [-0.4, -0.2) is 32.8 Å². The zero-order chi connectivity index (χ0) is 30.9. The first-order valence-electron chi connectivity index (χ1n) is 16.5. The van der Waals surface area contributed by atoms with Gasteiger partial charge in [-0.2, -0.15) is 0 Å². The van der Waals surface area contributed by atoms with Gasteiger partial charge in [0.05, 0.1) is 12.7 Å². The van der Waals surface area contributed by atoms with Crippen LogP contribution in [0.1, 0.15) is 92.4 Å². The standard InChI is InChI=1S/C38H52O4Si/c1-6-8-21-28-38-32(26-19-11-9-10-12-20-27-35(40)41-7-2)36(38)33(29-34(38)39)42-43(37(3,4)5,30-22-15-13-16-23-30)31-24-17-14-18-25-31/h9-10,13-19,22-26,32-33,36H,6-8,11-12,20-21,27-29H2,1-5H3/b10-9-,26-19-/t32-,33+,36+,38-/m1/s1. The topological polar surface area (TPSA) is 52.6 Å². The first kappa shape index (κ1) is 33.1. The van der Waals surface area contributed by atoms with Crippen LogP contribution >= 0.6 is 0 Å². The molecule has 4 atom stereocenters. The van der Waals surface area contributed by atoms with E-state index in [-0.39, 0.29) is 34.4 Å². The average Bonchev–Trinajstić information content (AvgIpc) is 3.55. The molecule has 2 aromatic rings. The Morgan fingerprint density at radius 3 is 2.16 bits per heavy atom. The molecule has 0 aromatic heterocycles. The van der Waals surface area contributed by atoms with Crippen LogP contribution < -0.4 is 10.4 Å². The van der Waals surface area contributed by atoms with Gasteiger partial charge in [-0.1, -0.05) is 132 Å². The van der Waals surface area contributed by atoms with Crippen molar-refractivity contribution in [1.29, 1.82) is 0 Å². The van der Waals surface area contributed by atoms with Crippen LogP contribution in [0.3, 0.4) is 0 Å². The quantitative estimate of drug-likeness (QED) is 0.0849. The van der Waals surface area contributed by atoms with Crippen LogP contribution in [0.15, 0.2) is 85.0 Å². The minimum atomic E-state index is -2.75. The number of rotatable bonds is 16. The monoisotopic (exact) mass is 600 g/mol. The van der Waals surface area contributed by atoms with Crippen LogP contribution in [0.5, 0.6) is 0 Å². The predicted octanol–water partition coefficient (Wildman–Crippen LogP) is 7.95. The second kappa shape index (κ2) is 14.8. The molecule has 0 radical (unpaired) electrons. The molecule has 2 saturated carbocycles. The van der Waals surface area contributed by atoms with Crippen molar-refractivity contribution in [1.82, 2.24) is 0 Å². The number of hydrogen-bond donors (Lipinski definition) is 0. The lowest BCUT2D eigenvalue weighted by Crippen LogP contribution is -2.67. The summed E-state index contributed by atoms with van der Waals surface area (Å²) in [6.07, 6.45) is 16.7. The zero-order valence-electron chi connectivity index (χ0n) is 27.0. The molecule has 2 fully saturated rings. The largest absolute Gasteiger partial charge is 0.466 e. The van der Waals surface area contributed by atoms with Crippen molar-refractivity contribution in [2.24, 2.45) is 17.3 Å².